The molecular weight excluding hydrogens is 302 g/mol. The number of benzene rings is 1. The zero-order chi connectivity index (χ0) is 15.7. The first-order chi connectivity index (χ1) is 10.5. The van der Waals surface area contributed by atoms with Crippen LogP contribution >= 0.6 is 0 Å². The predicted octanol–water partition coefficient (Wildman–Crippen LogP) is 2.47. The van der Waals surface area contributed by atoms with Crippen LogP contribution in [0.15, 0.2) is 34.7 Å². The van der Waals surface area contributed by atoms with Crippen LogP contribution in [0.25, 0.3) is 11.0 Å². The van der Waals surface area contributed by atoms with Crippen LogP contribution in [0, 0.1) is 0 Å². The molecule has 1 amide bonds. The summed E-state index contributed by atoms with van der Waals surface area (Å²) in [6, 6.07) is 8.93. The lowest BCUT2D eigenvalue weighted by molar-refractivity contribution is 0.0667. The van der Waals surface area contributed by atoms with Crippen LogP contribution in [0.2, 0.25) is 0 Å². The quantitative estimate of drug-likeness (QED) is 0.867. The first-order valence-corrected chi connectivity index (χ1v) is 9.32. The summed E-state index contributed by atoms with van der Waals surface area (Å²) >= 11 is 0. The molecule has 0 saturated carbocycles. The molecule has 0 aliphatic carbocycles. The third kappa shape index (κ3) is 2.88. The van der Waals surface area contributed by atoms with Crippen molar-refractivity contribution in [2.45, 2.75) is 25.8 Å². The van der Waals surface area contributed by atoms with Crippen molar-refractivity contribution in [3.8, 4) is 0 Å². The van der Waals surface area contributed by atoms with Crippen molar-refractivity contribution in [3.63, 3.8) is 0 Å². The average Bonchev–Trinajstić information content (AvgIpc) is 3.07. The SMILES string of the molecule is CCCN(C(=O)c1cc2ccccc2o1)C1CCS(=O)(=O)C1. The number of rotatable bonds is 4. The molecule has 5 nitrogen and oxygen atoms in total. The Kier molecular flexibility index (Phi) is 3.95. The Balaban J connectivity index is 1.89. The summed E-state index contributed by atoms with van der Waals surface area (Å²) in [7, 11) is -3.02. The minimum atomic E-state index is -3.02. The van der Waals surface area contributed by atoms with E-state index in [0.717, 1.165) is 11.8 Å². The number of carbonyl (C=O) groups excluding carboxylic acids is 1. The lowest BCUT2D eigenvalue weighted by atomic mass is 10.2. The van der Waals surface area contributed by atoms with E-state index >= 15 is 0 Å². The van der Waals surface area contributed by atoms with Gasteiger partial charge in [-0.15, -0.1) is 0 Å². The smallest absolute Gasteiger partial charge is 0.289 e. The molecule has 1 unspecified atom stereocenters. The van der Waals surface area contributed by atoms with Crippen molar-refractivity contribution in [3.05, 3.63) is 36.1 Å². The number of para-hydroxylation sites is 1. The lowest BCUT2D eigenvalue weighted by Crippen LogP contribution is -2.41. The first kappa shape index (κ1) is 15.1. The van der Waals surface area contributed by atoms with Crippen molar-refractivity contribution in [2.24, 2.45) is 0 Å². The second-order valence-electron chi connectivity index (χ2n) is 5.70. The van der Waals surface area contributed by atoms with E-state index in [2.05, 4.69) is 0 Å². The molecule has 0 N–H and O–H groups in total. The highest BCUT2D eigenvalue weighted by Gasteiger charge is 2.35. The average molecular weight is 321 g/mol. The van der Waals surface area contributed by atoms with Gasteiger partial charge in [0.1, 0.15) is 5.58 Å². The van der Waals surface area contributed by atoms with Crippen LogP contribution in [0.4, 0.5) is 0 Å². The molecule has 2 aromatic rings. The minimum absolute atomic E-state index is 0.0545. The highest BCUT2D eigenvalue weighted by Crippen LogP contribution is 2.24. The van der Waals surface area contributed by atoms with Gasteiger partial charge < -0.3 is 9.32 Å². The topological polar surface area (TPSA) is 67.6 Å². The van der Waals surface area contributed by atoms with Gasteiger partial charge in [-0.2, -0.15) is 0 Å². The van der Waals surface area contributed by atoms with Gasteiger partial charge in [-0.05, 0) is 25.0 Å². The maximum atomic E-state index is 12.7. The number of hydrogen-bond donors (Lipinski definition) is 0. The van der Waals surface area contributed by atoms with E-state index in [1.807, 2.05) is 31.2 Å². The minimum Gasteiger partial charge on any atom is -0.451 e. The molecule has 2 heterocycles. The standard InChI is InChI=1S/C16H19NO4S/c1-2-8-17(13-7-9-22(19,20)11-13)16(18)15-10-12-5-3-4-6-14(12)21-15/h3-6,10,13H,2,7-9,11H2,1H3. The van der Waals surface area contributed by atoms with E-state index in [1.165, 1.54) is 0 Å². The first-order valence-electron chi connectivity index (χ1n) is 7.50. The van der Waals surface area contributed by atoms with Crippen molar-refractivity contribution >= 4 is 26.7 Å². The second kappa shape index (κ2) is 5.76. The van der Waals surface area contributed by atoms with Crippen LogP contribution in [0.5, 0.6) is 0 Å². The molecule has 1 aromatic carbocycles. The van der Waals surface area contributed by atoms with E-state index in [4.69, 9.17) is 4.42 Å². The maximum absolute atomic E-state index is 12.7. The Morgan fingerprint density at radius 2 is 2.14 bits per heavy atom. The molecule has 0 radical (unpaired) electrons. The normalized spacial score (nSPS) is 20.3. The van der Waals surface area contributed by atoms with E-state index in [-0.39, 0.29) is 29.2 Å². The fourth-order valence-corrected chi connectivity index (χ4v) is 4.67. The van der Waals surface area contributed by atoms with E-state index in [0.29, 0.717) is 18.5 Å². The Hall–Kier alpha value is -1.82. The molecule has 1 fully saturated rings. The summed E-state index contributed by atoms with van der Waals surface area (Å²) in [5.41, 5.74) is 0.668. The summed E-state index contributed by atoms with van der Waals surface area (Å²) in [5.74, 6) is 0.267. The molecule has 1 saturated heterocycles. The number of nitrogens with zero attached hydrogens (tertiary/aromatic N) is 1. The zero-order valence-electron chi connectivity index (χ0n) is 12.5. The number of fused-ring (bicyclic) bond motifs is 1. The summed E-state index contributed by atoms with van der Waals surface area (Å²) in [6.45, 7) is 2.51. The third-order valence-electron chi connectivity index (χ3n) is 4.01. The Bertz CT molecular complexity index is 760. The maximum Gasteiger partial charge on any atom is 0.289 e. The van der Waals surface area contributed by atoms with Crippen LogP contribution in [-0.4, -0.2) is 43.3 Å². The zero-order valence-corrected chi connectivity index (χ0v) is 13.3. The predicted molar refractivity (Wildman–Crippen MR) is 84.6 cm³/mol. The molecule has 118 valence electrons. The molecule has 0 bridgehead atoms. The van der Waals surface area contributed by atoms with Crippen LogP contribution in [0.3, 0.4) is 0 Å². The summed E-state index contributed by atoms with van der Waals surface area (Å²) in [6.07, 6.45) is 1.29. The molecular formula is C16H19NO4S. The van der Waals surface area contributed by atoms with Gasteiger partial charge in [0.05, 0.1) is 11.5 Å². The van der Waals surface area contributed by atoms with Crippen molar-refractivity contribution in [1.82, 2.24) is 4.90 Å². The molecule has 1 aliphatic rings. The number of sulfone groups is 1. The number of hydrogen-bond acceptors (Lipinski definition) is 4. The third-order valence-corrected chi connectivity index (χ3v) is 5.76. The fourth-order valence-electron chi connectivity index (χ4n) is 2.94. The van der Waals surface area contributed by atoms with Gasteiger partial charge in [0.15, 0.2) is 15.6 Å². The van der Waals surface area contributed by atoms with Crippen molar-refractivity contribution in [2.75, 3.05) is 18.1 Å². The van der Waals surface area contributed by atoms with E-state index in [9.17, 15) is 13.2 Å². The summed E-state index contributed by atoms with van der Waals surface area (Å²) < 4.78 is 29.0. The lowest BCUT2D eigenvalue weighted by Gasteiger charge is -2.26. The fraction of sp³-hybridized carbons (Fsp3) is 0.438. The van der Waals surface area contributed by atoms with Crippen LogP contribution in [-0.2, 0) is 9.84 Å². The summed E-state index contributed by atoms with van der Waals surface area (Å²) in [4.78, 5) is 14.4. The van der Waals surface area contributed by atoms with Crippen LogP contribution in [0.1, 0.15) is 30.3 Å². The monoisotopic (exact) mass is 321 g/mol. The van der Waals surface area contributed by atoms with Crippen LogP contribution < -0.4 is 0 Å². The number of carbonyl (C=O) groups is 1. The molecule has 0 spiro atoms. The number of amides is 1. The van der Waals surface area contributed by atoms with Crippen molar-refractivity contribution in [1.29, 1.82) is 0 Å². The molecule has 1 atom stereocenters. The van der Waals surface area contributed by atoms with Gasteiger partial charge in [-0.1, -0.05) is 25.1 Å². The molecule has 6 heteroatoms. The van der Waals surface area contributed by atoms with Gasteiger partial charge in [-0.25, -0.2) is 8.42 Å². The van der Waals surface area contributed by atoms with Gasteiger partial charge in [0.2, 0.25) is 0 Å². The van der Waals surface area contributed by atoms with Gasteiger partial charge in [-0.3, -0.25) is 4.79 Å². The largest absolute Gasteiger partial charge is 0.451 e. The Labute approximate surface area is 129 Å². The molecule has 3 rings (SSSR count). The highest BCUT2D eigenvalue weighted by molar-refractivity contribution is 7.91. The highest BCUT2D eigenvalue weighted by atomic mass is 32.2. The molecule has 22 heavy (non-hydrogen) atoms. The van der Waals surface area contributed by atoms with Gasteiger partial charge >= 0.3 is 0 Å². The van der Waals surface area contributed by atoms with E-state index < -0.39 is 9.84 Å². The Morgan fingerprint density at radius 3 is 2.77 bits per heavy atom. The molecule has 1 aliphatic heterocycles. The van der Waals surface area contributed by atoms with Gasteiger partial charge in [0, 0.05) is 18.0 Å². The van der Waals surface area contributed by atoms with Crippen molar-refractivity contribution < 1.29 is 17.6 Å². The van der Waals surface area contributed by atoms with Gasteiger partial charge in [0.25, 0.3) is 5.91 Å². The number of furan rings is 1. The second-order valence-corrected chi connectivity index (χ2v) is 7.93. The Morgan fingerprint density at radius 1 is 1.36 bits per heavy atom. The molecule has 1 aromatic heterocycles. The summed E-state index contributed by atoms with van der Waals surface area (Å²) in [5, 5.41) is 0.876. The van der Waals surface area contributed by atoms with E-state index in [1.54, 1.807) is 11.0 Å².